The van der Waals surface area contributed by atoms with Gasteiger partial charge in [0.1, 0.15) is 5.01 Å². The molecule has 0 unspecified atom stereocenters. The molecule has 0 fully saturated rings. The molecular weight excluding hydrogens is 472 g/mol. The molecule has 0 bridgehead atoms. The van der Waals surface area contributed by atoms with Crippen LogP contribution in [0.1, 0.15) is 47.8 Å². The summed E-state index contributed by atoms with van der Waals surface area (Å²) in [5.74, 6) is 2.22. The monoisotopic (exact) mass is 498 g/mol. The third kappa shape index (κ3) is 4.43. The van der Waals surface area contributed by atoms with Crippen molar-refractivity contribution in [2.75, 3.05) is 0 Å². The van der Waals surface area contributed by atoms with Gasteiger partial charge in [-0.1, -0.05) is 49.4 Å². The Hall–Kier alpha value is -2.30. The Morgan fingerprint density at radius 2 is 2.15 bits per heavy atom. The minimum atomic E-state index is -0.144. The smallest absolute Gasteiger partial charge is 0.275 e. The molecule has 4 heterocycles. The van der Waals surface area contributed by atoms with E-state index in [1.807, 2.05) is 24.3 Å². The van der Waals surface area contributed by atoms with Gasteiger partial charge in [-0.25, -0.2) is 4.98 Å². The number of aryl methyl sites for hydroxylation is 2. The minimum absolute atomic E-state index is 0.144. The maximum atomic E-state index is 12.5. The molecular formula is C23H26N6OS3. The molecule has 0 saturated heterocycles. The van der Waals surface area contributed by atoms with E-state index in [0.29, 0.717) is 17.3 Å². The van der Waals surface area contributed by atoms with Crippen LogP contribution in [0.25, 0.3) is 15.7 Å². The van der Waals surface area contributed by atoms with Crippen molar-refractivity contribution in [3.05, 3.63) is 56.3 Å². The second kappa shape index (κ2) is 9.52. The van der Waals surface area contributed by atoms with Crippen LogP contribution >= 0.6 is 34.4 Å². The SMILES string of the molecule is C=CCn1c(SCc2cc(=O)n3nc(CC)sc3n2)nnc1-c1cc2c(s1)CC[C@@H](CC)C2. The molecule has 172 valence electrons. The maximum Gasteiger partial charge on any atom is 0.275 e. The number of aromatic nitrogens is 6. The molecule has 7 nitrogen and oxygen atoms in total. The van der Waals surface area contributed by atoms with E-state index in [1.54, 1.807) is 17.8 Å². The van der Waals surface area contributed by atoms with Gasteiger partial charge in [0.25, 0.3) is 5.56 Å². The van der Waals surface area contributed by atoms with Crippen LogP contribution in [0, 0.1) is 5.92 Å². The van der Waals surface area contributed by atoms with Crippen LogP contribution in [-0.4, -0.2) is 29.4 Å². The number of allylic oxidation sites excluding steroid dienone is 1. The highest BCUT2D eigenvalue weighted by Gasteiger charge is 2.23. The summed E-state index contributed by atoms with van der Waals surface area (Å²) in [5, 5.41) is 15.1. The van der Waals surface area contributed by atoms with Crippen LogP contribution in [0.3, 0.4) is 0 Å². The fourth-order valence-corrected chi connectivity index (χ4v) is 7.08. The molecule has 1 aliphatic carbocycles. The maximum absolute atomic E-state index is 12.5. The largest absolute Gasteiger partial charge is 0.297 e. The van der Waals surface area contributed by atoms with Gasteiger partial charge in [-0.15, -0.1) is 28.1 Å². The van der Waals surface area contributed by atoms with Gasteiger partial charge in [0.05, 0.1) is 10.6 Å². The van der Waals surface area contributed by atoms with Gasteiger partial charge < -0.3 is 0 Å². The number of nitrogens with zero attached hydrogens (tertiary/aromatic N) is 6. The van der Waals surface area contributed by atoms with Gasteiger partial charge in [-0.3, -0.25) is 9.36 Å². The predicted octanol–water partition coefficient (Wildman–Crippen LogP) is 5.03. The van der Waals surface area contributed by atoms with Crippen LogP contribution in [-0.2, 0) is 31.6 Å². The second-order valence-electron chi connectivity index (χ2n) is 8.20. The lowest BCUT2D eigenvalue weighted by atomic mass is 9.87. The van der Waals surface area contributed by atoms with Crippen molar-refractivity contribution in [1.82, 2.24) is 29.4 Å². The van der Waals surface area contributed by atoms with E-state index >= 15 is 0 Å². The number of thiophene rings is 1. The van der Waals surface area contributed by atoms with Crippen molar-refractivity contribution in [2.24, 2.45) is 5.92 Å². The second-order valence-corrected chi connectivity index (χ2v) is 11.3. The fourth-order valence-electron chi connectivity index (χ4n) is 4.18. The van der Waals surface area contributed by atoms with Crippen LogP contribution in [0.5, 0.6) is 0 Å². The molecule has 1 aliphatic rings. The number of rotatable bonds is 8. The van der Waals surface area contributed by atoms with E-state index in [-0.39, 0.29) is 5.56 Å². The Balaban J connectivity index is 1.40. The molecule has 5 rings (SSSR count). The molecule has 4 aromatic heterocycles. The van der Waals surface area contributed by atoms with Crippen molar-refractivity contribution >= 4 is 39.4 Å². The summed E-state index contributed by atoms with van der Waals surface area (Å²) in [6, 6.07) is 3.87. The summed E-state index contributed by atoms with van der Waals surface area (Å²) in [6.45, 7) is 8.87. The molecule has 0 radical (unpaired) electrons. The van der Waals surface area contributed by atoms with Crippen LogP contribution in [0.2, 0.25) is 0 Å². The average molecular weight is 499 g/mol. The molecule has 0 aliphatic heterocycles. The van der Waals surface area contributed by atoms with Crippen molar-refractivity contribution in [2.45, 2.75) is 63.4 Å². The summed E-state index contributed by atoms with van der Waals surface area (Å²) in [4.78, 5) is 20.4. The first-order chi connectivity index (χ1) is 16.1. The number of fused-ring (bicyclic) bond motifs is 2. The number of hydrogen-bond donors (Lipinski definition) is 0. The Morgan fingerprint density at radius 3 is 2.94 bits per heavy atom. The Bertz CT molecular complexity index is 1360. The third-order valence-corrected chi connectivity index (χ3v) is 9.29. The Morgan fingerprint density at radius 1 is 1.27 bits per heavy atom. The quantitative estimate of drug-likeness (QED) is 0.251. The van der Waals surface area contributed by atoms with Gasteiger partial charge in [-0.2, -0.15) is 9.61 Å². The normalized spacial score (nSPS) is 15.8. The average Bonchev–Trinajstić information content (AvgIpc) is 3.53. The lowest BCUT2D eigenvalue weighted by Crippen LogP contribution is -2.15. The highest BCUT2D eigenvalue weighted by molar-refractivity contribution is 7.98. The van der Waals surface area contributed by atoms with Gasteiger partial charge in [-0.05, 0) is 43.2 Å². The van der Waals surface area contributed by atoms with E-state index in [1.165, 1.54) is 50.4 Å². The molecule has 0 N–H and O–H groups in total. The molecule has 1 atom stereocenters. The molecule has 33 heavy (non-hydrogen) atoms. The Kier molecular flexibility index (Phi) is 6.49. The molecule has 0 aromatic carbocycles. The van der Waals surface area contributed by atoms with Gasteiger partial charge in [0, 0.05) is 23.2 Å². The molecule has 10 heteroatoms. The Labute approximate surface area is 204 Å². The van der Waals surface area contributed by atoms with Crippen LogP contribution < -0.4 is 5.56 Å². The van der Waals surface area contributed by atoms with Crippen molar-refractivity contribution < 1.29 is 0 Å². The standard InChI is InChI=1S/C23H26N6OS3/c1-4-9-28-21(18-11-15-10-14(5-2)7-8-17(15)32-18)25-26-23(28)31-13-16-12-20(30)29-22(24-16)33-19(6-3)27-29/h4,11-12,14H,1,5-10,13H2,2-3H3/t14-/m1/s1. The van der Waals surface area contributed by atoms with Gasteiger partial charge in [0.2, 0.25) is 4.96 Å². The summed E-state index contributed by atoms with van der Waals surface area (Å²) < 4.78 is 3.50. The van der Waals surface area contributed by atoms with E-state index in [0.717, 1.165) is 40.4 Å². The first kappa shape index (κ1) is 22.5. The molecule has 0 saturated carbocycles. The predicted molar refractivity (Wildman–Crippen MR) is 135 cm³/mol. The van der Waals surface area contributed by atoms with Crippen molar-refractivity contribution in [1.29, 1.82) is 0 Å². The summed E-state index contributed by atoms with van der Waals surface area (Å²) in [6.07, 6.45) is 7.51. The van der Waals surface area contributed by atoms with E-state index in [2.05, 4.69) is 44.4 Å². The molecule has 0 spiro atoms. The van der Waals surface area contributed by atoms with Gasteiger partial charge >= 0.3 is 0 Å². The highest BCUT2D eigenvalue weighted by atomic mass is 32.2. The molecule has 4 aromatic rings. The zero-order valence-corrected chi connectivity index (χ0v) is 21.2. The van der Waals surface area contributed by atoms with E-state index < -0.39 is 0 Å². The lowest BCUT2D eigenvalue weighted by Gasteiger charge is -2.19. The zero-order chi connectivity index (χ0) is 22.9. The fraction of sp³-hybridized carbons (Fsp3) is 0.435. The zero-order valence-electron chi connectivity index (χ0n) is 18.8. The van der Waals surface area contributed by atoms with E-state index in [4.69, 9.17) is 0 Å². The van der Waals surface area contributed by atoms with Gasteiger partial charge in [0.15, 0.2) is 11.0 Å². The topological polar surface area (TPSA) is 78.0 Å². The summed E-state index contributed by atoms with van der Waals surface area (Å²) in [5.41, 5.74) is 2.06. The van der Waals surface area contributed by atoms with Crippen molar-refractivity contribution in [3.8, 4) is 10.7 Å². The van der Waals surface area contributed by atoms with Crippen LogP contribution in [0.4, 0.5) is 0 Å². The van der Waals surface area contributed by atoms with Crippen LogP contribution in [0.15, 0.2) is 34.7 Å². The highest BCUT2D eigenvalue weighted by Crippen LogP contribution is 2.38. The number of thioether (sulfide) groups is 1. The first-order valence-corrected chi connectivity index (χ1v) is 13.9. The third-order valence-electron chi connectivity index (χ3n) is 6.00. The first-order valence-electron chi connectivity index (χ1n) is 11.3. The van der Waals surface area contributed by atoms with Crippen molar-refractivity contribution in [3.63, 3.8) is 0 Å². The summed E-state index contributed by atoms with van der Waals surface area (Å²) in [7, 11) is 0. The summed E-state index contributed by atoms with van der Waals surface area (Å²) >= 11 is 4.85. The molecule has 0 amide bonds. The van der Waals surface area contributed by atoms with E-state index in [9.17, 15) is 4.79 Å². The lowest BCUT2D eigenvalue weighted by molar-refractivity contribution is 0.449. The number of hydrogen-bond acceptors (Lipinski definition) is 8. The minimum Gasteiger partial charge on any atom is -0.297 e.